The lowest BCUT2D eigenvalue weighted by molar-refractivity contribution is -0.143. The van der Waals surface area contributed by atoms with E-state index in [9.17, 15) is 14.4 Å². The van der Waals surface area contributed by atoms with Crippen LogP contribution in [-0.4, -0.2) is 35.7 Å². The molecule has 1 aromatic carbocycles. The maximum Gasteiger partial charge on any atom is 0.247 e. The van der Waals surface area contributed by atoms with Crippen LogP contribution in [0.2, 0.25) is 10.0 Å². The second-order valence-corrected chi connectivity index (χ2v) is 5.01. The van der Waals surface area contributed by atoms with Crippen molar-refractivity contribution in [2.45, 2.75) is 0 Å². The number of carbonyl (C=O) groups excluding carboxylic acids is 3. The first-order valence-electron chi connectivity index (χ1n) is 5.70. The summed E-state index contributed by atoms with van der Waals surface area (Å²) in [6.45, 7) is -0.281. The van der Waals surface area contributed by atoms with Crippen LogP contribution in [0.4, 0.5) is 0 Å². The standard InChI is InChI=1S/C13H10Cl2N2O3/c14-9-2-3-10(15)8(5-9)1-4-13(20)17-6-11(18)16-12(19)7-17/h1-5H,6-7H2,(H,16,18,19). The van der Waals surface area contributed by atoms with Crippen LogP contribution in [0, 0.1) is 0 Å². The van der Waals surface area contributed by atoms with E-state index >= 15 is 0 Å². The topological polar surface area (TPSA) is 66.5 Å². The highest BCUT2D eigenvalue weighted by atomic mass is 35.5. The largest absolute Gasteiger partial charge is 0.321 e. The Balaban J connectivity index is 2.10. The molecule has 5 nitrogen and oxygen atoms in total. The van der Waals surface area contributed by atoms with E-state index in [2.05, 4.69) is 5.32 Å². The Morgan fingerprint density at radius 1 is 1.20 bits per heavy atom. The molecule has 0 bridgehead atoms. The minimum absolute atomic E-state index is 0.141. The number of benzene rings is 1. The minimum Gasteiger partial charge on any atom is -0.321 e. The van der Waals surface area contributed by atoms with Crippen molar-refractivity contribution in [3.63, 3.8) is 0 Å². The summed E-state index contributed by atoms with van der Waals surface area (Å²) in [7, 11) is 0. The molecule has 1 aliphatic heterocycles. The Kier molecular flexibility index (Phi) is 4.42. The molecule has 2 rings (SSSR count). The van der Waals surface area contributed by atoms with Crippen molar-refractivity contribution in [2.75, 3.05) is 13.1 Å². The number of nitrogens with zero attached hydrogens (tertiary/aromatic N) is 1. The molecule has 0 unspecified atom stereocenters. The van der Waals surface area contributed by atoms with Crippen LogP contribution in [0.5, 0.6) is 0 Å². The summed E-state index contributed by atoms with van der Waals surface area (Å²) < 4.78 is 0. The Morgan fingerprint density at radius 3 is 2.50 bits per heavy atom. The van der Waals surface area contributed by atoms with Gasteiger partial charge in [-0.3, -0.25) is 19.7 Å². The number of amides is 3. The second-order valence-electron chi connectivity index (χ2n) is 4.16. The van der Waals surface area contributed by atoms with Crippen LogP contribution in [0.25, 0.3) is 6.08 Å². The number of nitrogens with one attached hydrogen (secondary N) is 1. The van der Waals surface area contributed by atoms with Gasteiger partial charge in [0.1, 0.15) is 13.1 Å². The number of hydrogen-bond donors (Lipinski definition) is 1. The van der Waals surface area contributed by atoms with Gasteiger partial charge in [-0.15, -0.1) is 0 Å². The second kappa shape index (κ2) is 6.07. The van der Waals surface area contributed by atoms with Gasteiger partial charge >= 0.3 is 0 Å². The molecule has 1 aromatic rings. The fourth-order valence-electron chi connectivity index (χ4n) is 1.70. The summed E-state index contributed by atoms with van der Waals surface area (Å²) in [5.41, 5.74) is 0.584. The van der Waals surface area contributed by atoms with Crippen molar-refractivity contribution in [1.29, 1.82) is 0 Å². The average molecular weight is 313 g/mol. The van der Waals surface area contributed by atoms with Crippen molar-refractivity contribution < 1.29 is 14.4 Å². The van der Waals surface area contributed by atoms with Crippen LogP contribution in [0.15, 0.2) is 24.3 Å². The normalized spacial score (nSPS) is 15.6. The molecular formula is C13H10Cl2N2O3. The maximum absolute atomic E-state index is 11.9. The molecule has 20 heavy (non-hydrogen) atoms. The fraction of sp³-hybridized carbons (Fsp3) is 0.154. The maximum atomic E-state index is 11.9. The van der Waals surface area contributed by atoms with Crippen molar-refractivity contribution in [3.05, 3.63) is 39.9 Å². The minimum atomic E-state index is -0.496. The molecule has 0 saturated carbocycles. The first-order chi connectivity index (χ1) is 9.45. The van der Waals surface area contributed by atoms with Gasteiger partial charge in [0, 0.05) is 16.1 Å². The average Bonchev–Trinajstić information content (AvgIpc) is 2.38. The van der Waals surface area contributed by atoms with E-state index < -0.39 is 17.7 Å². The summed E-state index contributed by atoms with van der Waals surface area (Å²) in [6.07, 6.45) is 2.75. The number of piperazine rings is 1. The highest BCUT2D eigenvalue weighted by Crippen LogP contribution is 2.21. The zero-order valence-electron chi connectivity index (χ0n) is 10.2. The van der Waals surface area contributed by atoms with Crippen LogP contribution in [0.1, 0.15) is 5.56 Å². The van der Waals surface area contributed by atoms with E-state index in [1.54, 1.807) is 18.2 Å². The van der Waals surface area contributed by atoms with E-state index in [-0.39, 0.29) is 13.1 Å². The Labute approximate surface area is 125 Å². The summed E-state index contributed by atoms with van der Waals surface area (Å²) in [4.78, 5) is 35.4. The third-order valence-corrected chi connectivity index (χ3v) is 3.20. The first-order valence-corrected chi connectivity index (χ1v) is 6.46. The predicted molar refractivity (Wildman–Crippen MR) is 75.2 cm³/mol. The van der Waals surface area contributed by atoms with Crippen molar-refractivity contribution >= 4 is 47.0 Å². The van der Waals surface area contributed by atoms with Gasteiger partial charge in [0.25, 0.3) is 0 Å². The third-order valence-electron chi connectivity index (χ3n) is 2.62. The molecule has 104 valence electrons. The zero-order valence-corrected chi connectivity index (χ0v) is 11.7. The molecule has 0 radical (unpaired) electrons. The molecule has 0 aliphatic carbocycles. The number of halogens is 2. The Hall–Kier alpha value is -1.85. The van der Waals surface area contributed by atoms with Crippen LogP contribution in [-0.2, 0) is 14.4 Å². The lowest BCUT2D eigenvalue weighted by atomic mass is 10.2. The molecule has 3 amide bonds. The van der Waals surface area contributed by atoms with Gasteiger partial charge in [-0.1, -0.05) is 23.2 Å². The fourth-order valence-corrected chi connectivity index (χ4v) is 2.06. The molecule has 0 atom stereocenters. The summed E-state index contributed by atoms with van der Waals surface area (Å²) in [6, 6.07) is 4.87. The molecule has 0 aromatic heterocycles. The van der Waals surface area contributed by atoms with Gasteiger partial charge in [-0.25, -0.2) is 0 Å². The van der Waals surface area contributed by atoms with E-state index in [0.717, 1.165) is 4.90 Å². The molecule has 1 heterocycles. The first kappa shape index (κ1) is 14.6. The van der Waals surface area contributed by atoms with E-state index in [0.29, 0.717) is 15.6 Å². The van der Waals surface area contributed by atoms with Gasteiger partial charge in [0.2, 0.25) is 17.7 Å². The SMILES string of the molecule is O=C1CN(C(=O)C=Cc2cc(Cl)ccc2Cl)CC(=O)N1. The van der Waals surface area contributed by atoms with Gasteiger partial charge < -0.3 is 4.90 Å². The molecule has 7 heteroatoms. The van der Waals surface area contributed by atoms with Crippen LogP contribution < -0.4 is 5.32 Å². The zero-order chi connectivity index (χ0) is 14.7. The molecule has 0 spiro atoms. The number of hydrogen-bond acceptors (Lipinski definition) is 3. The summed E-state index contributed by atoms with van der Waals surface area (Å²) in [5.74, 6) is -1.43. The van der Waals surface area contributed by atoms with Gasteiger partial charge in [0.05, 0.1) is 0 Å². The van der Waals surface area contributed by atoms with Gasteiger partial charge in [-0.2, -0.15) is 0 Å². The van der Waals surface area contributed by atoms with Crippen molar-refractivity contribution in [3.8, 4) is 0 Å². The molecule has 1 fully saturated rings. The summed E-state index contributed by atoms with van der Waals surface area (Å²) in [5, 5.41) is 3.06. The highest BCUT2D eigenvalue weighted by molar-refractivity contribution is 6.34. The van der Waals surface area contributed by atoms with Gasteiger partial charge in [-0.05, 0) is 29.8 Å². The number of imide groups is 1. The quantitative estimate of drug-likeness (QED) is 0.664. The monoisotopic (exact) mass is 312 g/mol. The lowest BCUT2D eigenvalue weighted by Crippen LogP contribution is -2.52. The van der Waals surface area contributed by atoms with Crippen molar-refractivity contribution in [2.24, 2.45) is 0 Å². The predicted octanol–water partition coefficient (Wildman–Crippen LogP) is 1.49. The molecule has 1 saturated heterocycles. The number of carbonyl (C=O) groups is 3. The molecule has 1 aliphatic rings. The van der Waals surface area contributed by atoms with Crippen molar-refractivity contribution in [1.82, 2.24) is 10.2 Å². The molecule has 1 N–H and O–H groups in total. The van der Waals surface area contributed by atoms with E-state index in [1.807, 2.05) is 0 Å². The van der Waals surface area contributed by atoms with Crippen LogP contribution in [0.3, 0.4) is 0 Å². The van der Waals surface area contributed by atoms with E-state index in [1.165, 1.54) is 12.2 Å². The third kappa shape index (κ3) is 3.59. The summed E-state index contributed by atoms with van der Waals surface area (Å²) >= 11 is 11.8. The highest BCUT2D eigenvalue weighted by Gasteiger charge is 2.24. The van der Waals surface area contributed by atoms with Gasteiger partial charge in [0.15, 0.2) is 0 Å². The molecular weight excluding hydrogens is 303 g/mol. The Bertz CT molecular complexity index is 598. The number of rotatable bonds is 2. The van der Waals surface area contributed by atoms with E-state index in [4.69, 9.17) is 23.2 Å². The smallest absolute Gasteiger partial charge is 0.247 e. The Morgan fingerprint density at radius 2 is 1.85 bits per heavy atom. The lowest BCUT2D eigenvalue weighted by Gasteiger charge is -2.24. The van der Waals surface area contributed by atoms with Crippen LogP contribution >= 0.6 is 23.2 Å².